The van der Waals surface area contributed by atoms with E-state index in [1.165, 1.54) is 6.07 Å². The van der Waals surface area contributed by atoms with Crippen LogP contribution in [0.3, 0.4) is 0 Å². The molecule has 0 unspecified atom stereocenters. The third-order valence-corrected chi connectivity index (χ3v) is 3.17. The highest BCUT2D eigenvalue weighted by Crippen LogP contribution is 2.32. The molecular formula is C13H17F3N2. The van der Waals surface area contributed by atoms with Crippen LogP contribution >= 0.6 is 0 Å². The SMILES string of the molecule is C[C@H]1CN(Cc2ccccc2C(F)(F)F)CCN1. The molecule has 100 valence electrons. The van der Waals surface area contributed by atoms with E-state index in [2.05, 4.69) is 10.2 Å². The highest BCUT2D eigenvalue weighted by Gasteiger charge is 2.33. The van der Waals surface area contributed by atoms with Gasteiger partial charge in [-0.25, -0.2) is 0 Å². The summed E-state index contributed by atoms with van der Waals surface area (Å²) in [6, 6.07) is 6.15. The van der Waals surface area contributed by atoms with E-state index in [0.29, 0.717) is 18.2 Å². The molecule has 18 heavy (non-hydrogen) atoms. The molecule has 0 aromatic heterocycles. The zero-order chi connectivity index (χ0) is 13.2. The molecule has 2 nitrogen and oxygen atoms in total. The molecule has 1 aromatic rings. The summed E-state index contributed by atoms with van der Waals surface area (Å²) in [4.78, 5) is 2.06. The van der Waals surface area contributed by atoms with Crippen molar-refractivity contribution in [2.75, 3.05) is 19.6 Å². The molecule has 0 spiro atoms. The van der Waals surface area contributed by atoms with Crippen LogP contribution in [0.5, 0.6) is 0 Å². The average Bonchev–Trinajstić information content (AvgIpc) is 2.28. The first-order valence-corrected chi connectivity index (χ1v) is 6.07. The Morgan fingerprint density at radius 1 is 1.33 bits per heavy atom. The van der Waals surface area contributed by atoms with Crippen molar-refractivity contribution in [1.29, 1.82) is 0 Å². The standard InChI is InChI=1S/C13H17F3N2/c1-10-8-18(7-6-17-10)9-11-4-2-3-5-12(11)13(14,15)16/h2-5,10,17H,6-9H2,1H3/t10-/m0/s1. The van der Waals surface area contributed by atoms with Gasteiger partial charge in [-0.05, 0) is 18.6 Å². The monoisotopic (exact) mass is 258 g/mol. The fourth-order valence-corrected chi connectivity index (χ4v) is 2.33. The van der Waals surface area contributed by atoms with Crippen LogP contribution in [-0.2, 0) is 12.7 Å². The zero-order valence-electron chi connectivity index (χ0n) is 10.3. The Balaban J connectivity index is 2.13. The van der Waals surface area contributed by atoms with Crippen molar-refractivity contribution < 1.29 is 13.2 Å². The lowest BCUT2D eigenvalue weighted by atomic mass is 10.1. The van der Waals surface area contributed by atoms with Crippen LogP contribution in [0.2, 0.25) is 0 Å². The molecule has 1 fully saturated rings. The number of halogens is 3. The number of alkyl halides is 3. The van der Waals surface area contributed by atoms with Crippen LogP contribution in [-0.4, -0.2) is 30.6 Å². The predicted molar refractivity (Wildman–Crippen MR) is 64.2 cm³/mol. The van der Waals surface area contributed by atoms with Gasteiger partial charge in [0.2, 0.25) is 0 Å². The quantitative estimate of drug-likeness (QED) is 0.876. The first-order valence-electron chi connectivity index (χ1n) is 6.07. The maximum atomic E-state index is 12.8. The number of rotatable bonds is 2. The van der Waals surface area contributed by atoms with Gasteiger partial charge in [0.1, 0.15) is 0 Å². The van der Waals surface area contributed by atoms with Crippen molar-refractivity contribution >= 4 is 0 Å². The molecule has 0 aliphatic carbocycles. The summed E-state index contributed by atoms with van der Waals surface area (Å²) in [6.45, 7) is 4.81. The van der Waals surface area contributed by atoms with Gasteiger partial charge in [-0.2, -0.15) is 13.2 Å². The summed E-state index contributed by atoms with van der Waals surface area (Å²) in [5.74, 6) is 0. The molecule has 1 N–H and O–H groups in total. The van der Waals surface area contributed by atoms with Crippen molar-refractivity contribution in [1.82, 2.24) is 10.2 Å². The fourth-order valence-electron chi connectivity index (χ4n) is 2.33. The summed E-state index contributed by atoms with van der Waals surface area (Å²) >= 11 is 0. The first-order chi connectivity index (χ1) is 8.47. The van der Waals surface area contributed by atoms with Crippen LogP contribution in [0, 0.1) is 0 Å². The molecule has 5 heteroatoms. The molecule has 1 heterocycles. The van der Waals surface area contributed by atoms with E-state index in [1.54, 1.807) is 12.1 Å². The lowest BCUT2D eigenvalue weighted by Gasteiger charge is -2.32. The Morgan fingerprint density at radius 2 is 2.06 bits per heavy atom. The average molecular weight is 258 g/mol. The fraction of sp³-hybridized carbons (Fsp3) is 0.538. The van der Waals surface area contributed by atoms with E-state index in [1.807, 2.05) is 6.92 Å². The Kier molecular flexibility index (Phi) is 3.92. The zero-order valence-corrected chi connectivity index (χ0v) is 10.3. The largest absolute Gasteiger partial charge is 0.416 e. The molecule has 1 aliphatic heterocycles. The first kappa shape index (κ1) is 13.4. The van der Waals surface area contributed by atoms with Gasteiger partial charge in [-0.1, -0.05) is 18.2 Å². The predicted octanol–water partition coefficient (Wildman–Crippen LogP) is 2.50. The van der Waals surface area contributed by atoms with Crippen LogP contribution in [0.4, 0.5) is 13.2 Å². The number of hydrogen-bond acceptors (Lipinski definition) is 2. The highest BCUT2D eigenvalue weighted by atomic mass is 19.4. The molecule has 0 radical (unpaired) electrons. The van der Waals surface area contributed by atoms with Crippen molar-refractivity contribution in [3.05, 3.63) is 35.4 Å². The van der Waals surface area contributed by atoms with E-state index in [9.17, 15) is 13.2 Å². The Hall–Kier alpha value is -1.07. The van der Waals surface area contributed by atoms with Gasteiger partial charge in [0, 0.05) is 32.2 Å². The van der Waals surface area contributed by atoms with Gasteiger partial charge >= 0.3 is 6.18 Å². The van der Waals surface area contributed by atoms with Crippen molar-refractivity contribution in [2.45, 2.75) is 25.7 Å². The van der Waals surface area contributed by atoms with Gasteiger partial charge < -0.3 is 5.32 Å². The maximum absolute atomic E-state index is 12.8. The minimum atomic E-state index is -4.27. The number of piperazine rings is 1. The van der Waals surface area contributed by atoms with Crippen molar-refractivity contribution in [2.24, 2.45) is 0 Å². The number of benzene rings is 1. The normalized spacial score (nSPS) is 22.1. The molecule has 1 aromatic carbocycles. The van der Waals surface area contributed by atoms with Gasteiger partial charge in [0.15, 0.2) is 0 Å². The van der Waals surface area contributed by atoms with Crippen LogP contribution in [0.1, 0.15) is 18.1 Å². The van der Waals surface area contributed by atoms with E-state index in [-0.39, 0.29) is 0 Å². The van der Waals surface area contributed by atoms with Gasteiger partial charge in [-0.3, -0.25) is 4.90 Å². The summed E-state index contributed by atoms with van der Waals surface area (Å²) in [5.41, 5.74) is -0.157. The summed E-state index contributed by atoms with van der Waals surface area (Å²) in [5, 5.41) is 3.28. The van der Waals surface area contributed by atoms with Crippen LogP contribution < -0.4 is 5.32 Å². The van der Waals surface area contributed by atoms with Crippen molar-refractivity contribution in [3.8, 4) is 0 Å². The van der Waals surface area contributed by atoms with Gasteiger partial charge in [0.25, 0.3) is 0 Å². The number of nitrogens with one attached hydrogen (secondary N) is 1. The Morgan fingerprint density at radius 3 is 2.72 bits per heavy atom. The molecule has 1 atom stereocenters. The van der Waals surface area contributed by atoms with Gasteiger partial charge in [0.05, 0.1) is 5.56 Å². The minimum absolute atomic E-state index is 0.330. The molecule has 2 rings (SSSR count). The molecule has 1 saturated heterocycles. The molecular weight excluding hydrogens is 241 g/mol. The minimum Gasteiger partial charge on any atom is -0.312 e. The third-order valence-electron chi connectivity index (χ3n) is 3.17. The van der Waals surface area contributed by atoms with E-state index in [4.69, 9.17) is 0 Å². The molecule has 1 aliphatic rings. The van der Waals surface area contributed by atoms with E-state index in [0.717, 1.165) is 25.7 Å². The summed E-state index contributed by atoms with van der Waals surface area (Å²) in [7, 11) is 0. The number of nitrogens with zero attached hydrogens (tertiary/aromatic N) is 1. The van der Waals surface area contributed by atoms with E-state index < -0.39 is 11.7 Å². The maximum Gasteiger partial charge on any atom is 0.416 e. The Labute approximate surface area is 105 Å². The number of hydrogen-bond donors (Lipinski definition) is 1. The second-order valence-electron chi connectivity index (χ2n) is 4.75. The lowest BCUT2D eigenvalue weighted by molar-refractivity contribution is -0.138. The van der Waals surface area contributed by atoms with Gasteiger partial charge in [-0.15, -0.1) is 0 Å². The second-order valence-corrected chi connectivity index (χ2v) is 4.75. The molecule has 0 saturated carbocycles. The highest BCUT2D eigenvalue weighted by molar-refractivity contribution is 5.29. The Bertz CT molecular complexity index is 403. The third kappa shape index (κ3) is 3.23. The van der Waals surface area contributed by atoms with Crippen molar-refractivity contribution in [3.63, 3.8) is 0 Å². The van der Waals surface area contributed by atoms with Crippen LogP contribution in [0.25, 0.3) is 0 Å². The smallest absolute Gasteiger partial charge is 0.312 e. The summed E-state index contributed by atoms with van der Waals surface area (Å²) in [6.07, 6.45) is -4.27. The lowest BCUT2D eigenvalue weighted by Crippen LogP contribution is -2.48. The molecule has 0 bridgehead atoms. The second kappa shape index (κ2) is 5.28. The topological polar surface area (TPSA) is 15.3 Å². The van der Waals surface area contributed by atoms with E-state index >= 15 is 0 Å². The van der Waals surface area contributed by atoms with Crippen LogP contribution in [0.15, 0.2) is 24.3 Å². The summed E-state index contributed by atoms with van der Waals surface area (Å²) < 4.78 is 38.5. The molecule has 0 amide bonds.